The Balaban J connectivity index is 1.81. The van der Waals surface area contributed by atoms with Gasteiger partial charge in [-0.2, -0.15) is 0 Å². The monoisotopic (exact) mass is 372 g/mol. The Hall–Kier alpha value is -2.76. The second-order valence-electron chi connectivity index (χ2n) is 6.76. The Morgan fingerprint density at radius 1 is 1.15 bits per heavy atom. The third-order valence-corrected chi connectivity index (χ3v) is 5.15. The largest absolute Gasteiger partial charge is 0.335 e. The number of fused-ring (bicyclic) bond motifs is 1. The number of hydrogen-bond donors (Lipinski definition) is 0. The minimum atomic E-state index is -0.932. The van der Waals surface area contributed by atoms with Gasteiger partial charge in [0.2, 0.25) is 5.91 Å². The molecule has 6 heteroatoms. The van der Waals surface area contributed by atoms with Gasteiger partial charge in [0.25, 0.3) is 5.91 Å². The van der Waals surface area contributed by atoms with E-state index in [2.05, 4.69) is 0 Å². The number of carbonyl (C=O) groups is 2. The Morgan fingerprint density at radius 3 is 2.56 bits per heavy atom. The minimum absolute atomic E-state index is 0.0666. The highest BCUT2D eigenvalue weighted by Crippen LogP contribution is 2.30. The van der Waals surface area contributed by atoms with Gasteiger partial charge in [0.15, 0.2) is 11.6 Å². The second kappa shape index (κ2) is 7.47. The van der Waals surface area contributed by atoms with Gasteiger partial charge in [-0.1, -0.05) is 13.0 Å². The molecule has 0 aliphatic carbocycles. The lowest BCUT2D eigenvalue weighted by Gasteiger charge is -2.26. The summed E-state index contributed by atoms with van der Waals surface area (Å²) in [6.45, 7) is 4.22. The lowest BCUT2D eigenvalue weighted by Crippen LogP contribution is -2.30. The predicted molar refractivity (Wildman–Crippen MR) is 99.7 cm³/mol. The van der Waals surface area contributed by atoms with Crippen molar-refractivity contribution in [2.75, 3.05) is 18.5 Å². The molecule has 3 rings (SSSR count). The highest BCUT2D eigenvalue weighted by atomic mass is 19.2. The number of rotatable bonds is 4. The number of halogens is 2. The van der Waals surface area contributed by atoms with Crippen molar-refractivity contribution in [3.05, 3.63) is 64.7 Å². The summed E-state index contributed by atoms with van der Waals surface area (Å²) in [5.41, 5.74) is 2.85. The van der Waals surface area contributed by atoms with Crippen LogP contribution in [0.25, 0.3) is 0 Å². The molecule has 1 aliphatic rings. The molecule has 2 aromatic rings. The van der Waals surface area contributed by atoms with Crippen molar-refractivity contribution in [3.63, 3.8) is 0 Å². The summed E-state index contributed by atoms with van der Waals surface area (Å²) in [5.74, 6) is -1.99. The molecular weight excluding hydrogens is 350 g/mol. The topological polar surface area (TPSA) is 40.6 Å². The maximum Gasteiger partial charge on any atom is 0.254 e. The van der Waals surface area contributed by atoms with Crippen molar-refractivity contribution in [1.82, 2.24) is 4.90 Å². The highest BCUT2D eigenvalue weighted by Gasteiger charge is 2.26. The summed E-state index contributed by atoms with van der Waals surface area (Å²) in [5, 5.41) is 0. The molecule has 142 valence electrons. The standard InChI is InChI=1S/C21H22F2N2O2/c1-4-20(26)25-10-9-15-11-16(6-8-19(15)25)21(27)24(3)13(2)14-5-7-17(22)18(23)12-14/h5-8,11-13H,4,9-10H2,1-3H3/t13-/m0/s1. The molecule has 0 aromatic heterocycles. The molecule has 0 N–H and O–H groups in total. The zero-order valence-electron chi connectivity index (χ0n) is 15.6. The van der Waals surface area contributed by atoms with Gasteiger partial charge >= 0.3 is 0 Å². The molecular formula is C21H22F2N2O2. The molecule has 0 bridgehead atoms. The fourth-order valence-corrected chi connectivity index (χ4v) is 3.36. The molecule has 1 aliphatic heterocycles. The van der Waals surface area contributed by atoms with E-state index in [1.807, 2.05) is 13.0 Å². The van der Waals surface area contributed by atoms with Crippen molar-refractivity contribution in [1.29, 1.82) is 0 Å². The normalized spacial score (nSPS) is 14.0. The summed E-state index contributed by atoms with van der Waals surface area (Å²) in [6, 6.07) is 8.56. The Bertz CT molecular complexity index is 898. The van der Waals surface area contributed by atoms with E-state index in [1.165, 1.54) is 11.0 Å². The molecule has 0 saturated carbocycles. The van der Waals surface area contributed by atoms with Crippen LogP contribution >= 0.6 is 0 Å². The molecule has 0 radical (unpaired) electrons. The van der Waals surface area contributed by atoms with Crippen LogP contribution < -0.4 is 4.90 Å². The van der Waals surface area contributed by atoms with Crippen molar-refractivity contribution in [2.45, 2.75) is 32.7 Å². The van der Waals surface area contributed by atoms with Crippen LogP contribution in [0.1, 0.15) is 47.8 Å². The first-order chi connectivity index (χ1) is 12.8. The Kier molecular flexibility index (Phi) is 5.26. The number of hydrogen-bond acceptors (Lipinski definition) is 2. The molecule has 2 aromatic carbocycles. The van der Waals surface area contributed by atoms with E-state index in [-0.39, 0.29) is 11.8 Å². The maximum absolute atomic E-state index is 13.5. The summed E-state index contributed by atoms with van der Waals surface area (Å²) in [6.07, 6.45) is 1.15. The van der Waals surface area contributed by atoms with Crippen LogP contribution in [0.5, 0.6) is 0 Å². The van der Waals surface area contributed by atoms with Gasteiger partial charge in [-0.15, -0.1) is 0 Å². The van der Waals surface area contributed by atoms with Gasteiger partial charge in [0.05, 0.1) is 6.04 Å². The number of anilines is 1. The lowest BCUT2D eigenvalue weighted by molar-refractivity contribution is -0.118. The van der Waals surface area contributed by atoms with Gasteiger partial charge in [0, 0.05) is 31.3 Å². The molecule has 4 nitrogen and oxygen atoms in total. The lowest BCUT2D eigenvalue weighted by atomic mass is 10.0. The summed E-state index contributed by atoms with van der Waals surface area (Å²) in [4.78, 5) is 28.1. The van der Waals surface area contributed by atoms with Gasteiger partial charge < -0.3 is 9.80 Å². The van der Waals surface area contributed by atoms with E-state index in [0.29, 0.717) is 30.5 Å². The Labute approximate surface area is 157 Å². The van der Waals surface area contributed by atoms with Crippen LogP contribution in [-0.4, -0.2) is 30.3 Å². The maximum atomic E-state index is 13.5. The van der Waals surface area contributed by atoms with E-state index in [9.17, 15) is 18.4 Å². The van der Waals surface area contributed by atoms with Crippen molar-refractivity contribution in [3.8, 4) is 0 Å². The van der Waals surface area contributed by atoms with Crippen LogP contribution in [0.15, 0.2) is 36.4 Å². The van der Waals surface area contributed by atoms with E-state index in [0.717, 1.165) is 23.4 Å². The molecule has 2 amide bonds. The summed E-state index contributed by atoms with van der Waals surface area (Å²) < 4.78 is 26.6. The summed E-state index contributed by atoms with van der Waals surface area (Å²) in [7, 11) is 1.63. The first-order valence-electron chi connectivity index (χ1n) is 8.98. The number of benzene rings is 2. The van der Waals surface area contributed by atoms with E-state index >= 15 is 0 Å². The number of carbonyl (C=O) groups excluding carboxylic acids is 2. The molecule has 0 unspecified atom stereocenters. The van der Waals surface area contributed by atoms with Crippen LogP contribution in [0.3, 0.4) is 0 Å². The molecule has 1 heterocycles. The smallest absolute Gasteiger partial charge is 0.254 e. The molecule has 0 fully saturated rings. The van der Waals surface area contributed by atoms with Crippen molar-refractivity contribution < 1.29 is 18.4 Å². The van der Waals surface area contributed by atoms with Crippen LogP contribution in [-0.2, 0) is 11.2 Å². The fraction of sp³-hybridized carbons (Fsp3) is 0.333. The zero-order valence-corrected chi connectivity index (χ0v) is 15.6. The summed E-state index contributed by atoms with van der Waals surface area (Å²) >= 11 is 0. The quantitative estimate of drug-likeness (QED) is 0.811. The van der Waals surface area contributed by atoms with Gasteiger partial charge in [-0.25, -0.2) is 8.78 Å². The first kappa shape index (κ1) is 19.0. The van der Waals surface area contributed by atoms with E-state index in [4.69, 9.17) is 0 Å². The highest BCUT2D eigenvalue weighted by molar-refractivity contribution is 5.98. The van der Waals surface area contributed by atoms with E-state index in [1.54, 1.807) is 31.0 Å². The molecule has 0 spiro atoms. The molecule has 0 saturated heterocycles. The second-order valence-corrected chi connectivity index (χ2v) is 6.76. The number of amides is 2. The first-order valence-corrected chi connectivity index (χ1v) is 8.98. The minimum Gasteiger partial charge on any atom is -0.335 e. The van der Waals surface area contributed by atoms with Gasteiger partial charge in [-0.3, -0.25) is 9.59 Å². The van der Waals surface area contributed by atoms with Crippen LogP contribution in [0, 0.1) is 11.6 Å². The van der Waals surface area contributed by atoms with Gasteiger partial charge in [-0.05, 0) is 54.8 Å². The zero-order chi connectivity index (χ0) is 19.7. The SMILES string of the molecule is CCC(=O)N1CCc2cc(C(=O)N(C)[C@@H](C)c3ccc(F)c(F)c3)ccc21. The number of nitrogens with zero attached hydrogens (tertiary/aromatic N) is 2. The molecule has 27 heavy (non-hydrogen) atoms. The average Bonchev–Trinajstić information content (AvgIpc) is 3.10. The third kappa shape index (κ3) is 3.56. The fourth-order valence-electron chi connectivity index (χ4n) is 3.36. The van der Waals surface area contributed by atoms with Crippen molar-refractivity contribution >= 4 is 17.5 Å². The van der Waals surface area contributed by atoms with Gasteiger partial charge in [0.1, 0.15) is 0 Å². The predicted octanol–water partition coefficient (Wildman–Crippen LogP) is 4.10. The molecule has 1 atom stereocenters. The Morgan fingerprint density at radius 2 is 1.89 bits per heavy atom. The third-order valence-electron chi connectivity index (χ3n) is 5.15. The van der Waals surface area contributed by atoms with Crippen LogP contribution in [0.4, 0.5) is 14.5 Å². The van der Waals surface area contributed by atoms with E-state index < -0.39 is 17.7 Å². The van der Waals surface area contributed by atoms with Crippen molar-refractivity contribution in [2.24, 2.45) is 0 Å². The average molecular weight is 372 g/mol. The van der Waals surface area contributed by atoms with Crippen LogP contribution in [0.2, 0.25) is 0 Å².